The predicted molar refractivity (Wildman–Crippen MR) is 82.5 cm³/mol. The van der Waals surface area contributed by atoms with E-state index in [1.54, 1.807) is 0 Å². The van der Waals surface area contributed by atoms with E-state index in [4.69, 9.17) is 4.84 Å². The van der Waals surface area contributed by atoms with Crippen molar-refractivity contribution in [3.05, 3.63) is 35.9 Å². The van der Waals surface area contributed by atoms with Gasteiger partial charge in [-0.3, -0.25) is 14.4 Å². The summed E-state index contributed by atoms with van der Waals surface area (Å²) in [7, 11) is 0. The number of carbonyl (C=O) groups excluding carboxylic acids is 2. The van der Waals surface area contributed by atoms with Crippen LogP contribution >= 0.6 is 0 Å². The molecule has 0 unspecified atom stereocenters. The molecule has 0 aromatic heterocycles. The molecule has 118 valence electrons. The summed E-state index contributed by atoms with van der Waals surface area (Å²) in [6, 6.07) is 9.62. The highest BCUT2D eigenvalue weighted by atomic mass is 16.7. The van der Waals surface area contributed by atoms with Crippen molar-refractivity contribution in [2.75, 3.05) is 0 Å². The summed E-state index contributed by atoms with van der Waals surface area (Å²) >= 11 is 0. The minimum absolute atomic E-state index is 0.115. The molecule has 2 fully saturated rings. The summed E-state index contributed by atoms with van der Waals surface area (Å²) in [6.45, 7) is 0.258. The Balaban J connectivity index is 1.68. The molecule has 4 heteroatoms. The Kier molecular flexibility index (Phi) is 4.57. The van der Waals surface area contributed by atoms with Crippen LogP contribution in [0.2, 0.25) is 0 Å². The van der Waals surface area contributed by atoms with Crippen LogP contribution in [0.5, 0.6) is 0 Å². The molecule has 1 saturated carbocycles. The molecule has 0 N–H and O–H groups in total. The van der Waals surface area contributed by atoms with Crippen LogP contribution in [-0.4, -0.2) is 16.9 Å². The zero-order valence-electron chi connectivity index (χ0n) is 12.9. The van der Waals surface area contributed by atoms with E-state index in [0.717, 1.165) is 49.2 Å². The molecule has 1 aromatic rings. The molecule has 4 nitrogen and oxygen atoms in total. The largest absolute Gasteiger partial charge is 0.272 e. The van der Waals surface area contributed by atoms with Gasteiger partial charge in [0.05, 0.1) is 5.41 Å². The van der Waals surface area contributed by atoms with E-state index in [0.29, 0.717) is 6.42 Å². The highest BCUT2D eigenvalue weighted by molar-refractivity contribution is 6.04. The summed E-state index contributed by atoms with van der Waals surface area (Å²) in [5.74, 6) is -0.295. The molecule has 0 bridgehead atoms. The van der Waals surface area contributed by atoms with Gasteiger partial charge in [0.15, 0.2) is 0 Å². The van der Waals surface area contributed by atoms with E-state index in [1.807, 2.05) is 30.3 Å². The lowest BCUT2D eigenvalue weighted by molar-refractivity contribution is -0.194. The molecule has 0 radical (unpaired) electrons. The predicted octanol–water partition coefficient (Wildman–Crippen LogP) is 3.61. The fourth-order valence-corrected chi connectivity index (χ4v) is 3.58. The fraction of sp³-hybridized carbons (Fsp3) is 0.556. The summed E-state index contributed by atoms with van der Waals surface area (Å²) in [4.78, 5) is 30.6. The van der Waals surface area contributed by atoms with Crippen molar-refractivity contribution in [3.8, 4) is 0 Å². The van der Waals surface area contributed by atoms with Gasteiger partial charge in [0.2, 0.25) is 0 Å². The van der Waals surface area contributed by atoms with Crippen LogP contribution in [-0.2, 0) is 21.0 Å². The smallest absolute Gasteiger partial charge is 0.260 e. The lowest BCUT2D eigenvalue weighted by Crippen LogP contribution is -2.36. The SMILES string of the molecule is O=C1CC2(CCCCCCC2)C(=O)N1OCc1ccccc1. The second-order valence-electron chi connectivity index (χ2n) is 6.48. The summed E-state index contributed by atoms with van der Waals surface area (Å²) < 4.78 is 0. The molecular formula is C18H23NO3. The average Bonchev–Trinajstić information content (AvgIpc) is 2.74. The zero-order valence-corrected chi connectivity index (χ0v) is 12.9. The first kappa shape index (κ1) is 15.2. The number of amides is 2. The molecule has 1 heterocycles. The molecule has 1 aliphatic heterocycles. The molecule has 3 rings (SSSR count). The van der Waals surface area contributed by atoms with Crippen LogP contribution in [0.4, 0.5) is 0 Å². The van der Waals surface area contributed by atoms with E-state index < -0.39 is 5.41 Å². The van der Waals surface area contributed by atoms with Gasteiger partial charge in [-0.2, -0.15) is 5.06 Å². The van der Waals surface area contributed by atoms with Gasteiger partial charge < -0.3 is 0 Å². The Bertz CT molecular complexity index is 533. The quantitative estimate of drug-likeness (QED) is 0.801. The zero-order chi connectivity index (χ0) is 15.4. The summed E-state index contributed by atoms with van der Waals surface area (Å²) in [5, 5.41) is 1.04. The van der Waals surface area contributed by atoms with Gasteiger partial charge in [0.1, 0.15) is 6.61 Å². The van der Waals surface area contributed by atoms with Crippen LogP contribution < -0.4 is 0 Å². The van der Waals surface area contributed by atoms with Crippen LogP contribution in [0, 0.1) is 5.41 Å². The van der Waals surface area contributed by atoms with Crippen molar-refractivity contribution in [2.24, 2.45) is 5.41 Å². The van der Waals surface area contributed by atoms with E-state index in [-0.39, 0.29) is 18.4 Å². The highest BCUT2D eigenvalue weighted by Gasteiger charge is 2.51. The summed E-state index contributed by atoms with van der Waals surface area (Å²) in [5.41, 5.74) is 0.468. The topological polar surface area (TPSA) is 46.6 Å². The number of hydroxylamine groups is 2. The van der Waals surface area contributed by atoms with E-state index in [9.17, 15) is 9.59 Å². The molecule has 1 aliphatic carbocycles. The highest BCUT2D eigenvalue weighted by Crippen LogP contribution is 2.43. The number of carbonyl (C=O) groups is 2. The van der Waals surface area contributed by atoms with Crippen molar-refractivity contribution < 1.29 is 14.4 Å². The monoisotopic (exact) mass is 301 g/mol. The maximum Gasteiger partial charge on any atom is 0.260 e. The van der Waals surface area contributed by atoms with E-state index in [2.05, 4.69) is 0 Å². The van der Waals surface area contributed by atoms with Crippen LogP contribution in [0.1, 0.15) is 56.9 Å². The van der Waals surface area contributed by atoms with Gasteiger partial charge in [-0.05, 0) is 18.4 Å². The van der Waals surface area contributed by atoms with Gasteiger partial charge in [0, 0.05) is 6.42 Å². The average molecular weight is 301 g/mol. The minimum atomic E-state index is -0.492. The van der Waals surface area contributed by atoms with Gasteiger partial charge >= 0.3 is 0 Å². The fourth-order valence-electron chi connectivity index (χ4n) is 3.58. The van der Waals surface area contributed by atoms with Crippen LogP contribution in [0.25, 0.3) is 0 Å². The van der Waals surface area contributed by atoms with Gasteiger partial charge in [-0.15, -0.1) is 0 Å². The molecule has 1 saturated heterocycles. The molecular weight excluding hydrogens is 278 g/mol. The molecule has 0 atom stereocenters. The molecule has 1 spiro atoms. The number of benzene rings is 1. The van der Waals surface area contributed by atoms with Crippen LogP contribution in [0.15, 0.2) is 30.3 Å². The Hall–Kier alpha value is -1.68. The number of hydrogen-bond donors (Lipinski definition) is 0. The first-order valence-corrected chi connectivity index (χ1v) is 8.26. The Morgan fingerprint density at radius 3 is 2.27 bits per heavy atom. The van der Waals surface area contributed by atoms with Crippen molar-refractivity contribution in [3.63, 3.8) is 0 Å². The molecule has 2 aliphatic rings. The van der Waals surface area contributed by atoms with Crippen molar-refractivity contribution in [1.29, 1.82) is 0 Å². The Labute approximate surface area is 131 Å². The Morgan fingerprint density at radius 2 is 1.59 bits per heavy atom. The van der Waals surface area contributed by atoms with E-state index in [1.165, 1.54) is 6.42 Å². The molecule has 22 heavy (non-hydrogen) atoms. The van der Waals surface area contributed by atoms with Gasteiger partial charge in [-0.1, -0.05) is 62.4 Å². The first-order chi connectivity index (χ1) is 10.7. The van der Waals surface area contributed by atoms with Crippen molar-refractivity contribution in [1.82, 2.24) is 5.06 Å². The summed E-state index contributed by atoms with van der Waals surface area (Å²) in [6.07, 6.45) is 7.60. The third kappa shape index (κ3) is 3.07. The lowest BCUT2D eigenvalue weighted by Gasteiger charge is -2.28. The molecule has 2 amide bonds. The minimum Gasteiger partial charge on any atom is -0.272 e. The third-order valence-electron chi connectivity index (χ3n) is 4.87. The second-order valence-corrected chi connectivity index (χ2v) is 6.48. The van der Waals surface area contributed by atoms with Gasteiger partial charge in [-0.25, -0.2) is 0 Å². The first-order valence-electron chi connectivity index (χ1n) is 8.26. The van der Waals surface area contributed by atoms with E-state index >= 15 is 0 Å². The maximum absolute atomic E-state index is 12.8. The van der Waals surface area contributed by atoms with Crippen molar-refractivity contribution >= 4 is 11.8 Å². The number of nitrogens with zero attached hydrogens (tertiary/aromatic N) is 1. The normalized spacial score (nSPS) is 21.9. The standard InChI is InChI=1S/C18H23NO3/c20-16-13-18(11-7-2-1-3-8-12-18)17(21)19(16)22-14-15-9-5-4-6-10-15/h4-6,9-10H,1-3,7-8,11-14H2. The molecule has 1 aromatic carbocycles. The Morgan fingerprint density at radius 1 is 0.955 bits per heavy atom. The number of rotatable bonds is 3. The van der Waals surface area contributed by atoms with Gasteiger partial charge in [0.25, 0.3) is 11.8 Å². The number of imide groups is 1. The second kappa shape index (κ2) is 6.61. The third-order valence-corrected chi connectivity index (χ3v) is 4.87. The lowest BCUT2D eigenvalue weighted by atomic mass is 9.75. The maximum atomic E-state index is 12.8. The van der Waals surface area contributed by atoms with Crippen LogP contribution in [0.3, 0.4) is 0 Å². The van der Waals surface area contributed by atoms with Crippen molar-refractivity contribution in [2.45, 2.75) is 58.0 Å². The number of hydrogen-bond acceptors (Lipinski definition) is 3.